The first-order valence-electron chi connectivity index (χ1n) is 4.59. The van der Waals surface area contributed by atoms with E-state index in [0.29, 0.717) is 17.1 Å². The van der Waals surface area contributed by atoms with Crippen LogP contribution in [-0.4, -0.2) is 17.6 Å². The Morgan fingerprint density at radius 1 is 1.50 bits per heavy atom. The van der Waals surface area contributed by atoms with Crippen molar-refractivity contribution in [2.45, 2.75) is 6.92 Å². The van der Waals surface area contributed by atoms with E-state index in [-0.39, 0.29) is 16.7 Å². The first-order valence-corrected chi connectivity index (χ1v) is 5.35. The van der Waals surface area contributed by atoms with Crippen molar-refractivity contribution < 1.29 is 9.90 Å². The molecule has 0 aliphatic rings. The number of halogens is 2. The summed E-state index contributed by atoms with van der Waals surface area (Å²) in [6.45, 7) is 1.82. The third-order valence-corrected chi connectivity index (χ3v) is 2.33. The summed E-state index contributed by atoms with van der Waals surface area (Å²) in [6, 6.07) is 3.05. The first kappa shape index (κ1) is 12.9. The van der Waals surface area contributed by atoms with Crippen molar-refractivity contribution >= 4 is 35.2 Å². The van der Waals surface area contributed by atoms with Gasteiger partial charge in [0.1, 0.15) is 5.75 Å². The number of rotatable bonds is 3. The van der Waals surface area contributed by atoms with Gasteiger partial charge in [-0.3, -0.25) is 4.79 Å². The molecule has 1 aromatic carbocycles. The highest BCUT2D eigenvalue weighted by molar-refractivity contribution is 6.35. The third kappa shape index (κ3) is 3.76. The number of nitrogens with one attached hydrogen (secondary N) is 1. The number of aromatic hydroxyl groups is 1. The number of hydrogen-bond acceptors (Lipinski definition) is 2. The van der Waals surface area contributed by atoms with Crippen LogP contribution in [0.2, 0.25) is 10.0 Å². The highest BCUT2D eigenvalue weighted by Crippen LogP contribution is 2.31. The molecule has 0 radical (unpaired) electrons. The predicted octanol–water partition coefficient (Wildman–Crippen LogP) is 2.85. The molecule has 0 fully saturated rings. The maximum atomic E-state index is 10.6. The zero-order chi connectivity index (χ0) is 12.1. The Kier molecular flexibility index (Phi) is 4.65. The lowest BCUT2D eigenvalue weighted by Crippen LogP contribution is -2.19. The molecule has 0 spiro atoms. The molecule has 0 bridgehead atoms. The van der Waals surface area contributed by atoms with Crippen molar-refractivity contribution in [3.8, 4) is 5.75 Å². The van der Waals surface area contributed by atoms with Crippen molar-refractivity contribution in [2.75, 3.05) is 6.54 Å². The summed E-state index contributed by atoms with van der Waals surface area (Å²) in [4.78, 5) is 10.6. The lowest BCUT2D eigenvalue weighted by molar-refractivity contribution is -0.118. The summed E-state index contributed by atoms with van der Waals surface area (Å²) in [5.74, 6) is -0.136. The topological polar surface area (TPSA) is 49.3 Å². The molecule has 0 saturated carbocycles. The second-order valence-corrected chi connectivity index (χ2v) is 4.01. The fourth-order valence-electron chi connectivity index (χ4n) is 1.10. The van der Waals surface area contributed by atoms with Crippen molar-refractivity contribution in [3.05, 3.63) is 33.8 Å². The zero-order valence-electron chi connectivity index (χ0n) is 8.63. The second kappa shape index (κ2) is 5.77. The summed E-state index contributed by atoms with van der Waals surface area (Å²) in [5, 5.41) is 12.8. The monoisotopic (exact) mass is 259 g/mol. The Hall–Kier alpha value is -1.19. The fourth-order valence-corrected chi connectivity index (χ4v) is 1.61. The van der Waals surface area contributed by atoms with Gasteiger partial charge in [0.15, 0.2) is 0 Å². The van der Waals surface area contributed by atoms with Gasteiger partial charge in [-0.25, -0.2) is 0 Å². The molecule has 1 amide bonds. The highest BCUT2D eigenvalue weighted by atomic mass is 35.5. The molecular weight excluding hydrogens is 249 g/mol. The maximum absolute atomic E-state index is 10.6. The molecule has 0 saturated heterocycles. The molecular formula is C11H11Cl2NO2. The Bertz CT molecular complexity index is 430. The van der Waals surface area contributed by atoms with Crippen LogP contribution in [0.5, 0.6) is 5.75 Å². The SMILES string of the molecule is CC(=O)NCC=Cc1cc(Cl)cc(Cl)c1O. The van der Waals surface area contributed by atoms with Crippen molar-refractivity contribution in [2.24, 2.45) is 0 Å². The van der Waals surface area contributed by atoms with Gasteiger partial charge in [-0.2, -0.15) is 0 Å². The molecule has 1 rings (SSSR count). The van der Waals surface area contributed by atoms with Crippen LogP contribution in [0.25, 0.3) is 6.08 Å². The number of carbonyl (C=O) groups excluding carboxylic acids is 1. The van der Waals surface area contributed by atoms with E-state index in [0.717, 1.165) is 0 Å². The Balaban J connectivity index is 2.77. The number of phenolic OH excluding ortho intramolecular Hbond substituents is 1. The van der Waals surface area contributed by atoms with Crippen LogP contribution in [0.4, 0.5) is 0 Å². The largest absolute Gasteiger partial charge is 0.506 e. The second-order valence-electron chi connectivity index (χ2n) is 3.16. The Morgan fingerprint density at radius 3 is 2.81 bits per heavy atom. The van der Waals surface area contributed by atoms with Gasteiger partial charge in [0.05, 0.1) is 5.02 Å². The van der Waals surface area contributed by atoms with Crippen molar-refractivity contribution in [1.82, 2.24) is 5.32 Å². The third-order valence-electron chi connectivity index (χ3n) is 1.82. The zero-order valence-corrected chi connectivity index (χ0v) is 10.1. The smallest absolute Gasteiger partial charge is 0.217 e. The van der Waals surface area contributed by atoms with E-state index >= 15 is 0 Å². The van der Waals surface area contributed by atoms with Gasteiger partial charge in [0.25, 0.3) is 0 Å². The number of amides is 1. The van der Waals surface area contributed by atoms with Crippen LogP contribution in [0.15, 0.2) is 18.2 Å². The lowest BCUT2D eigenvalue weighted by atomic mass is 10.2. The maximum Gasteiger partial charge on any atom is 0.217 e. The summed E-state index contributed by atoms with van der Waals surface area (Å²) < 4.78 is 0. The van der Waals surface area contributed by atoms with Crippen LogP contribution >= 0.6 is 23.2 Å². The Morgan fingerprint density at radius 2 is 2.19 bits per heavy atom. The van der Waals surface area contributed by atoms with Gasteiger partial charge in [-0.05, 0) is 12.1 Å². The van der Waals surface area contributed by atoms with Crippen molar-refractivity contribution in [1.29, 1.82) is 0 Å². The minimum atomic E-state index is -0.113. The Labute approximate surface area is 104 Å². The van der Waals surface area contributed by atoms with E-state index in [1.54, 1.807) is 18.2 Å². The molecule has 2 N–H and O–H groups in total. The molecule has 16 heavy (non-hydrogen) atoms. The van der Waals surface area contributed by atoms with Gasteiger partial charge in [-0.1, -0.05) is 35.4 Å². The molecule has 0 aromatic heterocycles. The van der Waals surface area contributed by atoms with Gasteiger partial charge in [0, 0.05) is 24.1 Å². The number of benzene rings is 1. The van der Waals surface area contributed by atoms with Gasteiger partial charge >= 0.3 is 0 Å². The lowest BCUT2D eigenvalue weighted by Gasteiger charge is -2.02. The van der Waals surface area contributed by atoms with Crippen molar-refractivity contribution in [3.63, 3.8) is 0 Å². The average Bonchev–Trinajstić information content (AvgIpc) is 2.19. The molecule has 0 aliphatic heterocycles. The quantitative estimate of drug-likeness (QED) is 0.877. The summed E-state index contributed by atoms with van der Waals surface area (Å²) in [6.07, 6.45) is 3.34. The number of carbonyl (C=O) groups is 1. The van der Waals surface area contributed by atoms with Gasteiger partial charge < -0.3 is 10.4 Å². The average molecular weight is 260 g/mol. The molecule has 1 aromatic rings. The van der Waals surface area contributed by atoms with E-state index in [1.165, 1.54) is 13.0 Å². The number of phenols is 1. The van der Waals surface area contributed by atoms with Crippen LogP contribution in [0.1, 0.15) is 12.5 Å². The minimum Gasteiger partial charge on any atom is -0.506 e. The van der Waals surface area contributed by atoms with Gasteiger partial charge in [0.2, 0.25) is 5.91 Å². The van der Waals surface area contributed by atoms with E-state index in [9.17, 15) is 9.90 Å². The molecule has 0 heterocycles. The highest BCUT2D eigenvalue weighted by Gasteiger charge is 2.04. The fraction of sp³-hybridized carbons (Fsp3) is 0.182. The summed E-state index contributed by atoms with van der Waals surface area (Å²) in [5.41, 5.74) is 0.517. The molecule has 0 aliphatic carbocycles. The van der Waals surface area contributed by atoms with Crippen LogP contribution in [-0.2, 0) is 4.79 Å². The first-order chi connectivity index (χ1) is 7.50. The van der Waals surface area contributed by atoms with Crippen LogP contribution in [0, 0.1) is 0 Å². The van der Waals surface area contributed by atoms with E-state index in [2.05, 4.69) is 5.32 Å². The van der Waals surface area contributed by atoms with E-state index in [1.807, 2.05) is 0 Å². The molecule has 86 valence electrons. The molecule has 3 nitrogen and oxygen atoms in total. The van der Waals surface area contributed by atoms with Gasteiger partial charge in [-0.15, -0.1) is 0 Å². The standard InChI is InChI=1S/C11H11Cl2NO2/c1-7(15)14-4-2-3-8-5-9(12)6-10(13)11(8)16/h2-3,5-6,16H,4H2,1H3,(H,14,15). The number of hydrogen-bond donors (Lipinski definition) is 2. The predicted molar refractivity (Wildman–Crippen MR) is 65.8 cm³/mol. The summed E-state index contributed by atoms with van der Waals surface area (Å²) in [7, 11) is 0. The van der Waals surface area contributed by atoms with E-state index in [4.69, 9.17) is 23.2 Å². The molecule has 0 unspecified atom stereocenters. The van der Waals surface area contributed by atoms with E-state index < -0.39 is 0 Å². The summed E-state index contributed by atoms with van der Waals surface area (Å²) >= 11 is 11.5. The van der Waals surface area contributed by atoms with Crippen LogP contribution < -0.4 is 5.32 Å². The molecule has 5 heteroatoms. The molecule has 0 atom stereocenters. The minimum absolute atomic E-state index is 0.0230. The van der Waals surface area contributed by atoms with Crippen LogP contribution in [0.3, 0.4) is 0 Å². The normalized spacial score (nSPS) is 10.7.